The summed E-state index contributed by atoms with van der Waals surface area (Å²) in [6.45, 7) is 4.89. The molecule has 2 heterocycles. The van der Waals surface area contributed by atoms with Crippen molar-refractivity contribution in [2.75, 3.05) is 24.7 Å². The Labute approximate surface area is 180 Å². The van der Waals surface area contributed by atoms with Gasteiger partial charge in [-0.25, -0.2) is 0 Å². The topological polar surface area (TPSA) is 35.6 Å². The maximum atomic E-state index is 13.0. The highest BCUT2D eigenvalue weighted by Crippen LogP contribution is 2.42. The predicted molar refractivity (Wildman–Crippen MR) is 122 cm³/mol. The van der Waals surface area contributed by atoms with Crippen LogP contribution >= 0.6 is 0 Å². The minimum Gasteiger partial charge on any atom is -0.339 e. The monoisotopic (exact) mass is 403 g/mol. The van der Waals surface area contributed by atoms with Gasteiger partial charge in [-0.1, -0.05) is 55.3 Å². The molecule has 2 aromatic rings. The summed E-state index contributed by atoms with van der Waals surface area (Å²) < 4.78 is 0. The van der Waals surface area contributed by atoms with E-state index in [1.54, 1.807) is 0 Å². The molecule has 4 nitrogen and oxygen atoms in total. The van der Waals surface area contributed by atoms with Crippen LogP contribution in [-0.4, -0.2) is 42.1 Å². The number of likely N-dealkylation sites (tertiary alicyclic amines) is 1. The lowest BCUT2D eigenvalue weighted by atomic mass is 9.76. The second kappa shape index (κ2) is 8.07. The zero-order chi connectivity index (χ0) is 20.6. The Kier molecular flexibility index (Phi) is 5.28. The van der Waals surface area contributed by atoms with E-state index in [-0.39, 0.29) is 11.4 Å². The molecule has 5 rings (SSSR count). The highest BCUT2D eigenvalue weighted by molar-refractivity contribution is 5.93. The zero-order valence-electron chi connectivity index (χ0n) is 18.0. The molecule has 0 bridgehead atoms. The van der Waals surface area contributed by atoms with E-state index in [2.05, 4.69) is 70.6 Å². The van der Waals surface area contributed by atoms with Crippen LogP contribution in [0.25, 0.3) is 0 Å². The van der Waals surface area contributed by atoms with E-state index in [1.165, 1.54) is 36.8 Å². The van der Waals surface area contributed by atoms with Gasteiger partial charge in [0.25, 0.3) is 0 Å². The second-order valence-electron chi connectivity index (χ2n) is 9.31. The van der Waals surface area contributed by atoms with Gasteiger partial charge in [-0.2, -0.15) is 0 Å². The molecule has 30 heavy (non-hydrogen) atoms. The van der Waals surface area contributed by atoms with Crippen LogP contribution in [0.5, 0.6) is 0 Å². The lowest BCUT2D eigenvalue weighted by molar-refractivity contribution is -0.125. The molecule has 2 aromatic carbocycles. The SMILES string of the molecule is Cc1ccccc1C1CCCCC1N1CCC2(CC1)C(=O)NCN2c1ccccc1. The first-order chi connectivity index (χ1) is 14.7. The molecule has 2 aliphatic heterocycles. The van der Waals surface area contributed by atoms with Crippen LogP contribution in [0.2, 0.25) is 0 Å². The molecular formula is C26H33N3O. The van der Waals surface area contributed by atoms with E-state index < -0.39 is 0 Å². The van der Waals surface area contributed by atoms with Gasteiger partial charge in [-0.15, -0.1) is 0 Å². The van der Waals surface area contributed by atoms with Crippen molar-refractivity contribution in [3.05, 3.63) is 65.7 Å². The van der Waals surface area contributed by atoms with Crippen LogP contribution in [0.3, 0.4) is 0 Å². The smallest absolute Gasteiger partial charge is 0.247 e. The van der Waals surface area contributed by atoms with E-state index in [9.17, 15) is 4.79 Å². The molecule has 3 fully saturated rings. The van der Waals surface area contributed by atoms with Gasteiger partial charge in [-0.05, 0) is 61.8 Å². The molecule has 158 valence electrons. The van der Waals surface area contributed by atoms with Crippen LogP contribution in [0, 0.1) is 6.92 Å². The Bertz CT molecular complexity index is 888. The number of para-hydroxylation sites is 1. The van der Waals surface area contributed by atoms with Crippen LogP contribution < -0.4 is 10.2 Å². The normalized spacial score (nSPS) is 26.7. The van der Waals surface area contributed by atoms with Gasteiger partial charge < -0.3 is 10.2 Å². The van der Waals surface area contributed by atoms with Crippen LogP contribution in [-0.2, 0) is 4.79 Å². The van der Waals surface area contributed by atoms with Crippen LogP contribution in [0.15, 0.2) is 54.6 Å². The van der Waals surface area contributed by atoms with Gasteiger partial charge in [0.1, 0.15) is 5.54 Å². The van der Waals surface area contributed by atoms with E-state index in [0.29, 0.717) is 18.6 Å². The predicted octanol–water partition coefficient (Wildman–Crippen LogP) is 4.45. The number of aryl methyl sites for hydroxylation is 1. The molecule has 1 aliphatic carbocycles. The molecule has 1 spiro atoms. The molecule has 2 unspecified atom stereocenters. The van der Waals surface area contributed by atoms with Crippen molar-refractivity contribution in [2.45, 2.75) is 62.9 Å². The third kappa shape index (κ3) is 3.31. The minimum atomic E-state index is -0.384. The van der Waals surface area contributed by atoms with E-state index in [1.807, 2.05) is 6.07 Å². The van der Waals surface area contributed by atoms with Crippen molar-refractivity contribution in [1.29, 1.82) is 0 Å². The lowest BCUT2D eigenvalue weighted by Gasteiger charge is -2.48. The number of anilines is 1. The fourth-order valence-electron chi connectivity index (χ4n) is 6.17. The number of hydrogen-bond acceptors (Lipinski definition) is 3. The van der Waals surface area contributed by atoms with Crippen molar-refractivity contribution in [3.63, 3.8) is 0 Å². The molecule has 4 heteroatoms. The molecule has 2 atom stereocenters. The number of amides is 1. The highest BCUT2D eigenvalue weighted by Gasteiger charge is 2.51. The van der Waals surface area contributed by atoms with Crippen molar-refractivity contribution in [3.8, 4) is 0 Å². The molecule has 0 aromatic heterocycles. The number of rotatable bonds is 3. The Morgan fingerprint density at radius 3 is 2.40 bits per heavy atom. The molecule has 1 amide bonds. The standard InChI is InChI=1S/C26H33N3O/c1-20-9-5-6-12-22(20)23-13-7-8-14-24(23)28-17-15-26(16-18-28)25(30)27-19-29(26)21-10-3-2-4-11-21/h2-6,9-12,23-24H,7-8,13-19H2,1H3,(H,27,30). The summed E-state index contributed by atoms with van der Waals surface area (Å²) in [6, 6.07) is 20.0. The van der Waals surface area contributed by atoms with E-state index in [4.69, 9.17) is 0 Å². The fraction of sp³-hybridized carbons (Fsp3) is 0.500. The summed E-state index contributed by atoms with van der Waals surface area (Å²) >= 11 is 0. The van der Waals surface area contributed by atoms with Gasteiger partial charge in [0, 0.05) is 24.8 Å². The van der Waals surface area contributed by atoms with Gasteiger partial charge >= 0.3 is 0 Å². The fourth-order valence-corrected chi connectivity index (χ4v) is 6.17. The lowest BCUT2D eigenvalue weighted by Crippen LogP contribution is -2.58. The van der Waals surface area contributed by atoms with Crippen molar-refractivity contribution < 1.29 is 4.79 Å². The molecule has 2 saturated heterocycles. The Morgan fingerprint density at radius 2 is 1.63 bits per heavy atom. The number of hydrogen-bond donors (Lipinski definition) is 1. The van der Waals surface area contributed by atoms with E-state index in [0.717, 1.165) is 31.6 Å². The van der Waals surface area contributed by atoms with Crippen molar-refractivity contribution in [1.82, 2.24) is 10.2 Å². The largest absolute Gasteiger partial charge is 0.339 e. The van der Waals surface area contributed by atoms with Gasteiger partial charge in [0.05, 0.1) is 6.67 Å². The van der Waals surface area contributed by atoms with E-state index >= 15 is 0 Å². The number of carbonyl (C=O) groups excluding carboxylic acids is 1. The molecule has 1 N–H and O–H groups in total. The molecule has 0 radical (unpaired) electrons. The quantitative estimate of drug-likeness (QED) is 0.822. The summed E-state index contributed by atoms with van der Waals surface area (Å²) in [5.74, 6) is 0.835. The number of nitrogens with zero attached hydrogens (tertiary/aromatic N) is 2. The molecule has 3 aliphatic rings. The third-order valence-corrected chi connectivity index (χ3v) is 7.82. The zero-order valence-corrected chi connectivity index (χ0v) is 18.0. The third-order valence-electron chi connectivity index (χ3n) is 7.82. The summed E-state index contributed by atoms with van der Waals surface area (Å²) in [6.07, 6.45) is 7.03. The summed E-state index contributed by atoms with van der Waals surface area (Å²) in [5, 5.41) is 3.13. The number of piperidine rings is 1. The first kappa shape index (κ1) is 19.6. The first-order valence-electron chi connectivity index (χ1n) is 11.6. The maximum Gasteiger partial charge on any atom is 0.247 e. The van der Waals surface area contributed by atoms with Gasteiger partial charge in [-0.3, -0.25) is 9.69 Å². The molecular weight excluding hydrogens is 370 g/mol. The Hall–Kier alpha value is -2.33. The summed E-state index contributed by atoms with van der Waals surface area (Å²) in [5.41, 5.74) is 3.73. The summed E-state index contributed by atoms with van der Waals surface area (Å²) in [4.78, 5) is 18.0. The average Bonchev–Trinajstić information content (AvgIpc) is 3.11. The Balaban J connectivity index is 1.35. The van der Waals surface area contributed by atoms with Gasteiger partial charge in [0.2, 0.25) is 5.91 Å². The minimum absolute atomic E-state index is 0.213. The number of carbonyl (C=O) groups is 1. The molecule has 1 saturated carbocycles. The summed E-state index contributed by atoms with van der Waals surface area (Å²) in [7, 11) is 0. The highest BCUT2D eigenvalue weighted by atomic mass is 16.2. The average molecular weight is 404 g/mol. The first-order valence-corrected chi connectivity index (χ1v) is 11.6. The van der Waals surface area contributed by atoms with Crippen LogP contribution in [0.4, 0.5) is 5.69 Å². The van der Waals surface area contributed by atoms with Gasteiger partial charge in [0.15, 0.2) is 0 Å². The van der Waals surface area contributed by atoms with Crippen LogP contribution in [0.1, 0.15) is 55.6 Å². The van der Waals surface area contributed by atoms with Crippen molar-refractivity contribution >= 4 is 11.6 Å². The van der Waals surface area contributed by atoms with Crippen molar-refractivity contribution in [2.24, 2.45) is 0 Å². The maximum absolute atomic E-state index is 13.0. The Morgan fingerprint density at radius 1 is 0.933 bits per heavy atom. The number of benzene rings is 2. The second-order valence-corrected chi connectivity index (χ2v) is 9.31. The number of nitrogens with one attached hydrogen (secondary N) is 1.